The van der Waals surface area contributed by atoms with Crippen molar-refractivity contribution in [1.29, 1.82) is 0 Å². The number of ketones is 1. The number of carbonyl (C=O) groups excluding carboxylic acids is 5. The molecule has 1 aliphatic carbocycles. The average molecular weight is 1170 g/mol. The first-order valence-corrected chi connectivity index (χ1v) is 24.2. The Bertz CT molecular complexity index is 2580. The number of benzene rings is 4. The number of imide groups is 1. The van der Waals surface area contributed by atoms with Crippen LogP contribution in [0.15, 0.2) is 82.3 Å². The number of ether oxygens (including phenoxy) is 2. The number of nitrogens with zero attached hydrogens (tertiary/aromatic N) is 2. The van der Waals surface area contributed by atoms with Crippen LogP contribution < -0.4 is 34.9 Å². The number of halogens is 12. The third kappa shape index (κ3) is 29.4. The van der Waals surface area contributed by atoms with Gasteiger partial charge in [-0.25, -0.2) is 49.6 Å². The van der Waals surface area contributed by atoms with Crippen LogP contribution in [0.25, 0.3) is 0 Å². The number of hydrogen-bond acceptors (Lipinski definition) is 8. The van der Waals surface area contributed by atoms with E-state index in [9.17, 15) is 67.5 Å². The Balaban J connectivity index is 0. The summed E-state index contributed by atoms with van der Waals surface area (Å²) in [5, 5.41) is 2.49. The maximum Gasteiger partial charge on any atom is 1.00 e. The average Bonchev–Trinajstić information content (AvgIpc) is 4.14. The fourth-order valence-corrected chi connectivity index (χ4v) is 7.12. The first-order chi connectivity index (χ1) is 34.9. The van der Waals surface area contributed by atoms with Crippen molar-refractivity contribution in [1.82, 2.24) is 10.2 Å². The maximum absolute atomic E-state index is 13.4. The number of carbonyl (C=O) groups is 5. The molecule has 2 aliphatic heterocycles. The Morgan fingerprint density at radius 2 is 1.22 bits per heavy atom. The zero-order valence-corrected chi connectivity index (χ0v) is 47.2. The smallest absolute Gasteiger partial charge is 1.00 e. The third-order valence-electron chi connectivity index (χ3n) is 10.0. The van der Waals surface area contributed by atoms with Gasteiger partial charge in [0.05, 0.1) is 10.0 Å². The van der Waals surface area contributed by atoms with Crippen molar-refractivity contribution in [2.45, 2.75) is 129 Å². The molecule has 0 spiro atoms. The summed E-state index contributed by atoms with van der Waals surface area (Å²) >= 11 is 2.83. The number of aliphatic imine (C=N–C) groups is 1. The summed E-state index contributed by atoms with van der Waals surface area (Å²) in [6, 6.07) is 13.2. The number of likely N-dealkylation sites (tertiary alicyclic amines) is 1. The van der Waals surface area contributed by atoms with E-state index in [1.54, 1.807) is 41.5 Å². The van der Waals surface area contributed by atoms with Crippen LogP contribution in [0.4, 0.5) is 57.9 Å². The van der Waals surface area contributed by atoms with E-state index in [4.69, 9.17) is 14.3 Å². The number of alkyl halides is 3. The minimum absolute atomic E-state index is 0. The van der Waals surface area contributed by atoms with Gasteiger partial charge < -0.3 is 16.2 Å². The SMILES string of the molecule is CC(C)(C)OC(=O)N1CCCC1=O.CC(C)(C)OC(=O)NCCCC(=O)c1cc(F)ccc1F.Fc1ccc(F)c(Br)c1.Fc1ccc(F)c(C2=NCCC2)c1.Fc1ccc(F)c(C2CCCC2)c1.O=CC(F)(F)F.[B].[H-].[Na+]. The van der Waals surface area contributed by atoms with Crippen LogP contribution in [0.5, 0.6) is 0 Å². The van der Waals surface area contributed by atoms with Crippen molar-refractivity contribution < 1.29 is 113 Å². The molecule has 10 nitrogen and oxygen atoms in total. The van der Waals surface area contributed by atoms with Gasteiger partial charge in [-0.3, -0.25) is 19.4 Å². The summed E-state index contributed by atoms with van der Waals surface area (Å²) in [7, 11) is 0. The van der Waals surface area contributed by atoms with E-state index in [-0.39, 0.29) is 91.7 Å². The Morgan fingerprint density at radius 3 is 1.70 bits per heavy atom. The predicted octanol–water partition coefficient (Wildman–Crippen LogP) is 11.4. The molecule has 417 valence electrons. The van der Waals surface area contributed by atoms with Gasteiger partial charge in [-0.15, -0.1) is 0 Å². The number of aldehydes is 1. The topological polar surface area (TPSA) is 131 Å². The molecule has 2 fully saturated rings. The summed E-state index contributed by atoms with van der Waals surface area (Å²) in [4.78, 5) is 59.6. The quantitative estimate of drug-likeness (QED) is 0.0487. The fourth-order valence-electron chi connectivity index (χ4n) is 6.77. The van der Waals surface area contributed by atoms with Crippen LogP contribution >= 0.6 is 15.9 Å². The van der Waals surface area contributed by atoms with E-state index >= 15 is 0 Å². The molecule has 1 saturated carbocycles. The van der Waals surface area contributed by atoms with Crippen LogP contribution in [0.2, 0.25) is 0 Å². The summed E-state index contributed by atoms with van der Waals surface area (Å²) in [6.07, 6.45) is 0.698. The van der Waals surface area contributed by atoms with Gasteiger partial charge in [0.25, 0.3) is 0 Å². The predicted molar refractivity (Wildman–Crippen MR) is 269 cm³/mol. The molecule has 0 aromatic heterocycles. The molecule has 3 radical (unpaired) electrons. The van der Waals surface area contributed by atoms with E-state index in [1.807, 2.05) is 0 Å². The van der Waals surface area contributed by atoms with Crippen molar-refractivity contribution in [2.24, 2.45) is 4.99 Å². The van der Waals surface area contributed by atoms with Gasteiger partial charge in [0.2, 0.25) is 12.2 Å². The summed E-state index contributed by atoms with van der Waals surface area (Å²) in [5.41, 5.74) is 0.184. The second-order valence-electron chi connectivity index (χ2n) is 18.6. The second kappa shape index (κ2) is 34.7. The Labute approximate surface area is 474 Å². The van der Waals surface area contributed by atoms with Crippen LogP contribution in [-0.2, 0) is 19.1 Å². The molecule has 4 aromatic rings. The van der Waals surface area contributed by atoms with Crippen LogP contribution in [-0.4, -0.2) is 86.2 Å². The van der Waals surface area contributed by atoms with Gasteiger partial charge in [-0.2, -0.15) is 13.2 Å². The standard InChI is InChI=1S/C15H19F2NO3.C11H12F2.C10H9F2N.C9H15NO3.C6H3BrF2.C2HF3O.B.Na.H/c1-15(2,3)21-14(20)18-8-4-5-13(19)11-9-10(16)6-7-12(11)17;12-9-5-6-11(13)10(7-9)8-3-1-2-4-8;11-7-3-4-9(12)8(6-7)10-2-1-5-13-10;1-9(2,3)13-8(12)10-6-4-5-7(10)11;7-5-3-4(8)1-2-6(5)9;3-2(4,5)1-6;;;/h6-7,9H,4-5,8H2,1-3H3,(H,18,20);5-8H,1-4H2;3-4,6H,1-2,5H2;4-6H2,1-3H3;1-3H;1H;;;/q;;;;;;;+1;-1. The molecule has 4 aromatic carbocycles. The van der Waals surface area contributed by atoms with Crippen molar-refractivity contribution >= 4 is 60.2 Å². The minimum atomic E-state index is -4.64. The van der Waals surface area contributed by atoms with Crippen molar-refractivity contribution in [3.63, 3.8) is 0 Å². The maximum atomic E-state index is 13.4. The molecule has 1 saturated heterocycles. The molecule has 3 aliphatic rings. The van der Waals surface area contributed by atoms with Crippen molar-refractivity contribution in [3.05, 3.63) is 140 Å². The number of alkyl carbamates (subject to hydrolysis) is 1. The van der Waals surface area contributed by atoms with E-state index in [2.05, 4.69) is 26.2 Å². The van der Waals surface area contributed by atoms with Gasteiger partial charge in [0.1, 0.15) is 57.7 Å². The molecule has 0 unspecified atom stereocenters. The van der Waals surface area contributed by atoms with E-state index < -0.39 is 70.7 Å². The minimum Gasteiger partial charge on any atom is -1.00 e. The van der Waals surface area contributed by atoms with Crippen molar-refractivity contribution in [2.75, 3.05) is 19.6 Å². The molecule has 0 bridgehead atoms. The van der Waals surface area contributed by atoms with E-state index in [0.717, 1.165) is 100 Å². The van der Waals surface area contributed by atoms with Crippen molar-refractivity contribution in [3.8, 4) is 0 Å². The normalized spacial score (nSPS) is 13.8. The monoisotopic (exact) mass is 1170 g/mol. The first kappa shape index (κ1) is 71.9. The zero-order valence-electron chi connectivity index (χ0n) is 44.6. The Morgan fingerprint density at radius 1 is 0.714 bits per heavy atom. The number of amides is 3. The van der Waals surface area contributed by atoms with Gasteiger partial charge in [-0.05, 0) is 180 Å². The molecule has 7 rings (SSSR count). The Hall–Kier alpha value is -5.13. The van der Waals surface area contributed by atoms with Gasteiger partial charge >= 0.3 is 47.9 Å². The van der Waals surface area contributed by atoms with Gasteiger partial charge in [0.15, 0.2) is 5.78 Å². The molecule has 24 heteroatoms. The third-order valence-corrected chi connectivity index (χ3v) is 10.7. The van der Waals surface area contributed by atoms with E-state index in [1.165, 1.54) is 29.2 Å². The Kier molecular flexibility index (Phi) is 32.4. The number of Topliss-reactive ketones (excluding diaryl/α,β-unsaturated/α-hetero) is 1. The number of hydrogen-bond donors (Lipinski definition) is 1. The molecule has 2 heterocycles. The zero-order chi connectivity index (χ0) is 56.7. The molecule has 3 amide bonds. The second-order valence-corrected chi connectivity index (χ2v) is 19.5. The molecule has 77 heavy (non-hydrogen) atoms. The molecule has 1 N–H and O–H groups in total. The first-order valence-electron chi connectivity index (χ1n) is 23.4. The largest absolute Gasteiger partial charge is 1.00 e. The number of nitrogens with one attached hydrogen (secondary N) is 1. The summed E-state index contributed by atoms with van der Waals surface area (Å²) in [6.45, 7) is 12.0. The molecular weight excluding hydrogens is 1110 g/mol. The molecular formula is C53H60BBrF11N3NaO7. The molecule has 0 atom stereocenters. The fraction of sp³-hybridized carbons (Fsp3) is 0.434. The van der Waals surface area contributed by atoms with Gasteiger partial charge in [-0.1, -0.05) is 12.8 Å². The summed E-state index contributed by atoms with van der Waals surface area (Å²) < 4.78 is 144. The van der Waals surface area contributed by atoms with Crippen LogP contribution in [0.3, 0.4) is 0 Å². The van der Waals surface area contributed by atoms with Crippen LogP contribution in [0.1, 0.15) is 135 Å². The van der Waals surface area contributed by atoms with E-state index in [0.29, 0.717) is 36.2 Å². The van der Waals surface area contributed by atoms with Gasteiger partial charge in [0, 0.05) is 52.2 Å². The number of rotatable bonds is 7. The van der Waals surface area contributed by atoms with Crippen LogP contribution in [0, 0.1) is 46.5 Å². The summed E-state index contributed by atoms with van der Waals surface area (Å²) in [5.74, 6) is -4.07.